The molecule has 0 amide bonds. The Hall–Kier alpha value is -2.28. The molecule has 0 unspecified atom stereocenters. The van der Waals surface area contributed by atoms with Crippen LogP contribution in [-0.2, 0) is 0 Å². The summed E-state index contributed by atoms with van der Waals surface area (Å²) in [4.78, 5) is 14.2. The molecule has 0 saturated carbocycles. The third-order valence-electron chi connectivity index (χ3n) is 2.50. The molecular weight excluding hydrogens is 234 g/mol. The fraction of sp³-hybridized carbons (Fsp3) is 0. The minimum absolute atomic E-state index is 0.491. The molecule has 0 aliphatic heterocycles. The predicted molar refractivity (Wildman–Crippen MR) is 66.3 cm³/mol. The lowest BCUT2D eigenvalue weighted by Crippen LogP contribution is -2.06. The van der Waals surface area contributed by atoms with Crippen molar-refractivity contribution in [3.8, 4) is 28.4 Å². The van der Waals surface area contributed by atoms with Crippen molar-refractivity contribution in [1.29, 1.82) is 0 Å². The molecule has 0 aliphatic rings. The zero-order valence-electron chi connectivity index (χ0n) is 9.50. The Morgan fingerprint density at radius 1 is 0.722 bits per heavy atom. The molecule has 0 radical (unpaired) electrons. The first-order valence-corrected chi connectivity index (χ1v) is 5.13. The second-order valence-electron chi connectivity index (χ2n) is 3.54. The van der Waals surface area contributed by atoms with E-state index in [1.165, 1.54) is 0 Å². The van der Waals surface area contributed by atoms with Crippen LogP contribution in [0.2, 0.25) is 0 Å². The van der Waals surface area contributed by atoms with E-state index in [0.29, 0.717) is 17.2 Å². The Kier molecular flexibility index (Phi) is 3.63. The molecule has 18 heavy (non-hydrogen) atoms. The third-order valence-corrected chi connectivity index (χ3v) is 2.50. The summed E-state index contributed by atoms with van der Waals surface area (Å²) in [5, 5.41) is 0. The van der Waals surface area contributed by atoms with Crippen molar-refractivity contribution in [3.63, 3.8) is 0 Å². The van der Waals surface area contributed by atoms with Crippen LogP contribution in [0.25, 0.3) is 11.1 Å². The van der Waals surface area contributed by atoms with Crippen LogP contribution in [0.5, 0.6) is 17.2 Å². The summed E-state index contributed by atoms with van der Waals surface area (Å²) in [7, 11) is 0. The van der Waals surface area contributed by atoms with Crippen molar-refractivity contribution in [2.75, 3.05) is 0 Å². The molecule has 2 rings (SSSR count). The number of hydrogen-bond acceptors (Lipinski definition) is 6. The highest BCUT2D eigenvalue weighted by Crippen LogP contribution is 2.34. The SMILES string of the molecule is NOc1cccc(-c2cc(ON)ccc2ON)c1. The van der Waals surface area contributed by atoms with E-state index < -0.39 is 0 Å². The Bertz CT molecular complexity index is 546. The highest BCUT2D eigenvalue weighted by Gasteiger charge is 2.09. The van der Waals surface area contributed by atoms with Gasteiger partial charge in [-0.3, -0.25) is 0 Å². The Morgan fingerprint density at radius 2 is 1.44 bits per heavy atom. The molecule has 0 spiro atoms. The minimum Gasteiger partial charge on any atom is -0.412 e. The van der Waals surface area contributed by atoms with E-state index in [9.17, 15) is 0 Å². The van der Waals surface area contributed by atoms with E-state index in [1.807, 2.05) is 6.07 Å². The first-order valence-electron chi connectivity index (χ1n) is 5.13. The maximum Gasteiger partial charge on any atom is 0.154 e. The molecule has 6 heteroatoms. The van der Waals surface area contributed by atoms with Crippen molar-refractivity contribution in [3.05, 3.63) is 42.5 Å². The average Bonchev–Trinajstić information content (AvgIpc) is 2.46. The van der Waals surface area contributed by atoms with Gasteiger partial charge in [0.15, 0.2) is 5.75 Å². The van der Waals surface area contributed by atoms with E-state index in [2.05, 4.69) is 9.68 Å². The number of rotatable bonds is 4. The lowest BCUT2D eigenvalue weighted by Gasteiger charge is -2.10. The number of nitrogens with two attached hydrogens (primary N) is 3. The maximum absolute atomic E-state index is 5.22. The Morgan fingerprint density at radius 3 is 2.11 bits per heavy atom. The second-order valence-corrected chi connectivity index (χ2v) is 3.54. The predicted octanol–water partition coefficient (Wildman–Crippen LogP) is 1.11. The van der Waals surface area contributed by atoms with Gasteiger partial charge in [-0.2, -0.15) is 17.7 Å². The largest absolute Gasteiger partial charge is 0.412 e. The standard InChI is InChI=1S/C12H13N3O3/c13-16-9-3-1-2-8(6-9)11-7-10(17-14)4-5-12(11)18-15/h1-7H,13-15H2. The Labute approximate surface area is 104 Å². The van der Waals surface area contributed by atoms with E-state index in [1.54, 1.807) is 36.4 Å². The van der Waals surface area contributed by atoms with Crippen molar-refractivity contribution in [2.24, 2.45) is 17.7 Å². The van der Waals surface area contributed by atoms with Gasteiger partial charge in [-0.15, -0.1) is 0 Å². The molecule has 0 aromatic heterocycles. The van der Waals surface area contributed by atoms with Crippen LogP contribution in [0.1, 0.15) is 0 Å². The van der Waals surface area contributed by atoms with E-state index in [-0.39, 0.29) is 0 Å². The monoisotopic (exact) mass is 247 g/mol. The summed E-state index contributed by atoms with van der Waals surface area (Å²) >= 11 is 0. The zero-order chi connectivity index (χ0) is 13.0. The lowest BCUT2D eigenvalue weighted by molar-refractivity contribution is 0.325. The molecular formula is C12H13N3O3. The van der Waals surface area contributed by atoms with Gasteiger partial charge >= 0.3 is 0 Å². The fourth-order valence-corrected chi connectivity index (χ4v) is 1.65. The van der Waals surface area contributed by atoms with Crippen molar-refractivity contribution >= 4 is 0 Å². The van der Waals surface area contributed by atoms with Crippen LogP contribution in [0.4, 0.5) is 0 Å². The van der Waals surface area contributed by atoms with Crippen LogP contribution < -0.4 is 32.2 Å². The smallest absolute Gasteiger partial charge is 0.154 e. The van der Waals surface area contributed by atoms with Gasteiger partial charge < -0.3 is 14.5 Å². The van der Waals surface area contributed by atoms with Crippen molar-refractivity contribution < 1.29 is 14.5 Å². The van der Waals surface area contributed by atoms with E-state index in [0.717, 1.165) is 11.1 Å². The maximum atomic E-state index is 5.22. The summed E-state index contributed by atoms with van der Waals surface area (Å²) in [6.07, 6.45) is 0. The summed E-state index contributed by atoms with van der Waals surface area (Å²) in [5.74, 6) is 17.0. The van der Waals surface area contributed by atoms with Gasteiger partial charge in [-0.25, -0.2) is 0 Å². The lowest BCUT2D eigenvalue weighted by atomic mass is 10.0. The highest BCUT2D eigenvalue weighted by molar-refractivity contribution is 5.73. The number of benzene rings is 2. The molecule has 0 heterocycles. The quantitative estimate of drug-likeness (QED) is 0.699. The van der Waals surface area contributed by atoms with Crippen LogP contribution in [0, 0.1) is 0 Å². The molecule has 94 valence electrons. The van der Waals surface area contributed by atoms with Crippen molar-refractivity contribution in [1.82, 2.24) is 0 Å². The molecule has 0 atom stereocenters. The van der Waals surface area contributed by atoms with Gasteiger partial charge in [0.25, 0.3) is 0 Å². The van der Waals surface area contributed by atoms with Gasteiger partial charge in [0.2, 0.25) is 0 Å². The zero-order valence-corrected chi connectivity index (χ0v) is 9.50. The summed E-state index contributed by atoms with van der Waals surface area (Å²) in [5.41, 5.74) is 1.54. The summed E-state index contributed by atoms with van der Waals surface area (Å²) in [6.45, 7) is 0. The molecule has 6 N–H and O–H groups in total. The van der Waals surface area contributed by atoms with Gasteiger partial charge in [-0.1, -0.05) is 12.1 Å². The molecule has 6 nitrogen and oxygen atoms in total. The van der Waals surface area contributed by atoms with Crippen LogP contribution in [-0.4, -0.2) is 0 Å². The molecule has 2 aromatic carbocycles. The van der Waals surface area contributed by atoms with Crippen molar-refractivity contribution in [2.45, 2.75) is 0 Å². The van der Waals surface area contributed by atoms with Crippen LogP contribution >= 0.6 is 0 Å². The summed E-state index contributed by atoms with van der Waals surface area (Å²) < 4.78 is 0. The topological polar surface area (TPSA) is 106 Å². The number of hydrogen-bond donors (Lipinski definition) is 3. The van der Waals surface area contributed by atoms with Gasteiger partial charge in [0.1, 0.15) is 11.5 Å². The van der Waals surface area contributed by atoms with E-state index >= 15 is 0 Å². The molecule has 0 saturated heterocycles. The minimum atomic E-state index is 0.491. The third kappa shape index (κ3) is 2.35. The fourth-order valence-electron chi connectivity index (χ4n) is 1.65. The van der Waals surface area contributed by atoms with Gasteiger partial charge in [-0.05, 0) is 35.9 Å². The molecule has 0 aliphatic carbocycles. The first kappa shape index (κ1) is 12.2. The van der Waals surface area contributed by atoms with E-state index in [4.69, 9.17) is 22.5 Å². The second kappa shape index (κ2) is 5.37. The Balaban J connectivity index is 2.53. The molecule has 0 fully saturated rings. The first-order chi connectivity index (χ1) is 8.78. The molecule has 2 aromatic rings. The van der Waals surface area contributed by atoms with Gasteiger partial charge in [0, 0.05) is 5.56 Å². The normalized spacial score (nSPS) is 9.94. The average molecular weight is 247 g/mol. The van der Waals surface area contributed by atoms with Crippen LogP contribution in [0.15, 0.2) is 42.5 Å². The van der Waals surface area contributed by atoms with Crippen LogP contribution in [0.3, 0.4) is 0 Å². The van der Waals surface area contributed by atoms with Gasteiger partial charge in [0.05, 0.1) is 0 Å². The summed E-state index contributed by atoms with van der Waals surface area (Å²) in [6, 6.07) is 12.2. The highest BCUT2D eigenvalue weighted by atomic mass is 16.6. The molecule has 0 bridgehead atoms.